The lowest BCUT2D eigenvalue weighted by Crippen LogP contribution is -2.45. The number of nitrogens with zero attached hydrogens (tertiary/aromatic N) is 3. The highest BCUT2D eigenvalue weighted by Crippen LogP contribution is 2.41. The van der Waals surface area contributed by atoms with Crippen LogP contribution in [0.15, 0.2) is 34.1 Å². The van der Waals surface area contributed by atoms with Crippen LogP contribution in [0.1, 0.15) is 82.5 Å². The molecule has 2 aromatic heterocycles. The number of carboxylic acids is 1. The second-order valence-electron chi connectivity index (χ2n) is 15.7. The number of carbonyl (C=O) groups is 2. The molecule has 0 spiro atoms. The van der Waals surface area contributed by atoms with Crippen LogP contribution in [0.25, 0.3) is 21.8 Å². The number of hydrogen-bond donors (Lipinski definition) is 6. The van der Waals surface area contributed by atoms with E-state index in [1.54, 1.807) is 16.4 Å². The van der Waals surface area contributed by atoms with Gasteiger partial charge in [-0.1, -0.05) is 0 Å². The first-order chi connectivity index (χ1) is 28.5. The number of fused-ring (bicyclic) bond motifs is 2. The molecule has 8 rings (SSSR count). The minimum atomic E-state index is -3.38. The molecule has 2 saturated carbocycles. The predicted molar refractivity (Wildman–Crippen MR) is 210 cm³/mol. The molecule has 4 unspecified atom stereocenters. The Labute approximate surface area is 340 Å². The van der Waals surface area contributed by atoms with Gasteiger partial charge in [0.15, 0.2) is 11.6 Å². The number of carbonyl (C=O) groups excluding carboxylic acids is 1. The first-order valence-corrected chi connectivity index (χ1v) is 19.7. The molecule has 2 aromatic carbocycles. The number of rotatable bonds is 8. The first kappa shape index (κ1) is 44.7. The van der Waals surface area contributed by atoms with E-state index < -0.39 is 59.4 Å². The molecule has 2 saturated heterocycles. The second-order valence-corrected chi connectivity index (χ2v) is 15.7. The van der Waals surface area contributed by atoms with Gasteiger partial charge in [-0.3, -0.25) is 9.59 Å². The van der Waals surface area contributed by atoms with E-state index in [9.17, 15) is 51.9 Å². The maximum Gasteiger partial charge on any atom is 0.798 e. The first-order valence-electron chi connectivity index (χ1n) is 19.7. The van der Waals surface area contributed by atoms with E-state index in [1.165, 1.54) is 17.7 Å². The monoisotopic (exact) mass is 848 g/mol. The number of aromatic carboxylic acids is 1. The predicted octanol–water partition coefficient (Wildman–Crippen LogP) is 3.61. The number of hydrogen-bond acceptors (Lipinski definition) is 11. The lowest BCUT2D eigenvalue weighted by Gasteiger charge is -2.37. The van der Waals surface area contributed by atoms with Gasteiger partial charge in [-0.05, 0) is 76.6 Å². The van der Waals surface area contributed by atoms with Gasteiger partial charge in [-0.25, -0.2) is 31.4 Å². The fourth-order valence-corrected chi connectivity index (χ4v) is 7.94. The molecule has 20 heteroatoms. The van der Waals surface area contributed by atoms with Crippen molar-refractivity contribution in [3.63, 3.8) is 0 Å². The van der Waals surface area contributed by atoms with E-state index in [0.29, 0.717) is 42.3 Å². The Balaban J connectivity index is 0.000000169. The van der Waals surface area contributed by atoms with Crippen LogP contribution in [0, 0.1) is 43.1 Å². The fourth-order valence-electron chi connectivity index (χ4n) is 7.94. The molecule has 0 radical (unpaired) electrons. The molecule has 2 aliphatic carbocycles. The molecule has 324 valence electrons. The molecule has 4 aromatic rings. The Morgan fingerprint density at radius 1 is 0.800 bits per heavy atom. The van der Waals surface area contributed by atoms with Crippen molar-refractivity contribution in [2.24, 2.45) is 11.8 Å². The van der Waals surface area contributed by atoms with Crippen LogP contribution in [0.3, 0.4) is 0 Å². The summed E-state index contributed by atoms with van der Waals surface area (Å²) in [6.45, 7) is 5.26. The summed E-state index contributed by atoms with van der Waals surface area (Å²) in [5.74, 6) is -5.89. The van der Waals surface area contributed by atoms with Crippen LogP contribution in [-0.4, -0.2) is 106 Å². The Bertz CT molecular complexity index is 2410. The summed E-state index contributed by atoms with van der Waals surface area (Å²) in [6.07, 6.45) is 5.95. The van der Waals surface area contributed by atoms with Crippen molar-refractivity contribution in [2.75, 3.05) is 44.3 Å². The average Bonchev–Trinajstić information content (AvgIpc) is 4.14. The third-order valence-electron chi connectivity index (χ3n) is 11.5. The Morgan fingerprint density at radius 2 is 1.33 bits per heavy atom. The summed E-state index contributed by atoms with van der Waals surface area (Å²) in [4.78, 5) is 49.9. The van der Waals surface area contributed by atoms with Crippen LogP contribution < -0.4 is 21.1 Å². The largest absolute Gasteiger partial charge is 0.798 e. The number of anilines is 1. The van der Waals surface area contributed by atoms with Crippen molar-refractivity contribution in [3.8, 4) is 0 Å². The number of aliphatic hydroxyl groups excluding tert-OH is 4. The molecular weight excluding hydrogens is 802 g/mol. The maximum atomic E-state index is 15.1. The van der Waals surface area contributed by atoms with Crippen molar-refractivity contribution >= 4 is 46.9 Å². The van der Waals surface area contributed by atoms with Gasteiger partial charge in [-0.15, -0.1) is 0 Å². The summed E-state index contributed by atoms with van der Waals surface area (Å²) in [6, 6.07) is 1.80. The highest BCUT2D eigenvalue weighted by Gasteiger charge is 2.34. The molecule has 4 fully saturated rings. The summed E-state index contributed by atoms with van der Waals surface area (Å²) < 4.78 is 73.9. The molecule has 4 atom stereocenters. The molecule has 2 aliphatic heterocycles. The van der Waals surface area contributed by atoms with Gasteiger partial charge >= 0.3 is 19.4 Å². The number of benzene rings is 2. The number of aromatic nitrogens is 2. The number of aliphatic hydroxyl groups is 4. The van der Waals surface area contributed by atoms with Gasteiger partial charge in [0.1, 0.15) is 16.9 Å². The van der Waals surface area contributed by atoms with Crippen LogP contribution in [0.4, 0.5) is 27.5 Å². The zero-order valence-corrected chi connectivity index (χ0v) is 32.8. The van der Waals surface area contributed by atoms with E-state index in [0.717, 1.165) is 50.9 Å². The molecule has 14 nitrogen and oxygen atoms in total. The Hall–Kier alpha value is -4.89. The van der Waals surface area contributed by atoms with Crippen LogP contribution >= 0.6 is 0 Å². The van der Waals surface area contributed by atoms with Crippen molar-refractivity contribution < 1.29 is 61.6 Å². The Morgan fingerprint density at radius 3 is 1.83 bits per heavy atom. The summed E-state index contributed by atoms with van der Waals surface area (Å²) in [5.41, 5.74) is -1.13. The zero-order chi connectivity index (χ0) is 43.7. The van der Waals surface area contributed by atoms with Crippen molar-refractivity contribution in [1.29, 1.82) is 0 Å². The smallest absolute Gasteiger partial charge is 0.477 e. The fraction of sp³-hybridized carbons (Fsp3) is 0.500. The van der Waals surface area contributed by atoms with E-state index >= 15 is 4.39 Å². The van der Waals surface area contributed by atoms with E-state index in [4.69, 9.17) is 10.2 Å². The van der Waals surface area contributed by atoms with E-state index in [-0.39, 0.29) is 77.2 Å². The number of aryl methyl sites for hydroxylation is 2. The van der Waals surface area contributed by atoms with Gasteiger partial charge in [-0.2, -0.15) is 0 Å². The maximum absolute atomic E-state index is 15.1. The highest BCUT2D eigenvalue weighted by atomic mass is 19.2. The molecule has 4 aliphatic rings. The molecule has 0 amide bonds. The number of piperidine rings is 2. The van der Waals surface area contributed by atoms with E-state index in [1.807, 2.05) is 0 Å². The van der Waals surface area contributed by atoms with Gasteiger partial charge in [0.2, 0.25) is 10.9 Å². The minimum absolute atomic E-state index is 0.0661. The third kappa shape index (κ3) is 9.22. The van der Waals surface area contributed by atoms with Crippen LogP contribution in [0.5, 0.6) is 0 Å². The number of nitrogens with one attached hydrogen (secondary N) is 1. The number of pyridine rings is 2. The highest BCUT2D eigenvalue weighted by molar-refractivity contribution is 6.38. The standard InChI is InChI=1S/C20H23FN2O5.C14H10BF4NO3.C6H13NO2/c1-10-17-13(19(26)14(20(27)28)7-23(17)12-2-3-12)6-15(21)18(10)22-5-4-11(9-24)16(25)8-22;1-6-11(17)10(16)4-8-12(6)20(7-2-3-7)5-9(13(8)21)14(22)23-15(18)19;8-4-5-1-2-7-3-6(5)9/h6-7,11-12,16,24-25H,2-5,8-9H2,1H3,(H,27,28);4-5,7H,2-3H2,1H3;5-9H,1-4H2. The molecule has 60 heavy (non-hydrogen) atoms. The van der Waals surface area contributed by atoms with Gasteiger partial charge in [0.05, 0.1) is 28.9 Å². The molecule has 6 N–H and O–H groups in total. The quantitative estimate of drug-likeness (QED) is 0.111. The zero-order valence-electron chi connectivity index (χ0n) is 32.8. The number of β-amino-alcohol motifs (C(OH)–C–C–N with tert-alkyl or cyclic N) is 2. The molecular formula is C40H46BF5N4O10. The lowest BCUT2D eigenvalue weighted by atomic mass is 9.93. The van der Waals surface area contributed by atoms with Crippen molar-refractivity contribution in [2.45, 2.75) is 76.7 Å². The summed E-state index contributed by atoms with van der Waals surface area (Å²) in [5, 5.41) is 49.6. The van der Waals surface area contributed by atoms with Gasteiger partial charge in [0, 0.05) is 85.5 Å². The van der Waals surface area contributed by atoms with Gasteiger partial charge < -0.3 is 49.5 Å². The van der Waals surface area contributed by atoms with Crippen molar-refractivity contribution in [1.82, 2.24) is 14.5 Å². The number of carboxylic acid groups (broad SMARTS) is 1. The average molecular weight is 849 g/mol. The molecule has 0 bridgehead atoms. The van der Waals surface area contributed by atoms with E-state index in [2.05, 4.69) is 9.97 Å². The number of halogens is 5. The van der Waals surface area contributed by atoms with Crippen LogP contribution in [-0.2, 0) is 4.65 Å². The normalized spacial score (nSPS) is 21.5. The third-order valence-corrected chi connectivity index (χ3v) is 11.5. The second kappa shape index (κ2) is 18.4. The summed E-state index contributed by atoms with van der Waals surface area (Å²) >= 11 is 0. The Kier molecular flexibility index (Phi) is 13.7. The summed E-state index contributed by atoms with van der Waals surface area (Å²) in [7, 11) is -3.38. The van der Waals surface area contributed by atoms with Crippen LogP contribution in [0.2, 0.25) is 0 Å². The minimum Gasteiger partial charge on any atom is -0.477 e. The lowest BCUT2D eigenvalue weighted by molar-refractivity contribution is 0.0459. The molecule has 4 heterocycles. The SMILES string of the molecule is Cc1c(F)c(F)cc2c(=O)c(C(=O)OB(F)F)cn(C3CC3)c12.Cc1c(N2CCC(CO)C(O)C2)c(F)cc2c(=O)c(C(=O)O)cn(C3CC3)c12.OCC1CCNCC1O. The van der Waals surface area contributed by atoms with Gasteiger partial charge in [0.25, 0.3) is 0 Å². The van der Waals surface area contributed by atoms with Crippen molar-refractivity contribution in [3.05, 3.63) is 84.7 Å². The topological polar surface area (TPSA) is 204 Å².